The largest absolute Gasteiger partial charge is 0.460 e. The molecule has 31 heavy (non-hydrogen) atoms. The molecule has 6 nitrogen and oxygen atoms in total. The van der Waals surface area contributed by atoms with E-state index in [1.807, 2.05) is 19.1 Å². The summed E-state index contributed by atoms with van der Waals surface area (Å²) >= 11 is 0. The van der Waals surface area contributed by atoms with E-state index in [1.165, 1.54) is 17.7 Å². The van der Waals surface area contributed by atoms with Gasteiger partial charge in [0, 0.05) is 17.5 Å². The summed E-state index contributed by atoms with van der Waals surface area (Å²) in [5.74, 6) is -0.535. The number of nitrogens with zero attached hydrogens (tertiary/aromatic N) is 1. The molecule has 4 atom stereocenters. The average molecular weight is 419 g/mol. The van der Waals surface area contributed by atoms with Gasteiger partial charge in [0.2, 0.25) is 0 Å². The Morgan fingerprint density at radius 3 is 2.74 bits per heavy atom. The van der Waals surface area contributed by atoms with E-state index in [1.54, 1.807) is 12.1 Å². The monoisotopic (exact) mass is 419 g/mol. The van der Waals surface area contributed by atoms with Crippen LogP contribution < -0.4 is 0 Å². The molecule has 1 N–H and O–H groups in total. The van der Waals surface area contributed by atoms with Gasteiger partial charge in [-0.1, -0.05) is 24.8 Å². The molecule has 2 aromatic rings. The molecule has 0 radical (unpaired) electrons. The summed E-state index contributed by atoms with van der Waals surface area (Å²) in [5.41, 5.74) is 3.55. The van der Waals surface area contributed by atoms with Crippen molar-refractivity contribution >= 4 is 11.7 Å². The molecule has 0 aliphatic heterocycles. The Labute approximate surface area is 180 Å². The number of benzene rings is 2. The number of esters is 1. The molecule has 2 aromatic carbocycles. The SMILES string of the molecule is C=C1C[C@]23CC1(O)CC[C@H]2c1cccc(C)c1[C@@H]3C(=O)OCc1ccc([N+](=O)[O-])cc1. The number of rotatable bonds is 4. The zero-order chi connectivity index (χ0) is 22.0. The fourth-order valence-electron chi connectivity index (χ4n) is 6.34. The number of nitro groups is 1. The summed E-state index contributed by atoms with van der Waals surface area (Å²) in [5, 5.41) is 22.0. The number of hydrogen-bond acceptors (Lipinski definition) is 5. The Hall–Kier alpha value is -2.99. The van der Waals surface area contributed by atoms with E-state index in [0.29, 0.717) is 24.8 Å². The summed E-state index contributed by atoms with van der Waals surface area (Å²) in [6.07, 6.45) is 2.67. The van der Waals surface area contributed by atoms with Gasteiger partial charge in [-0.25, -0.2) is 0 Å². The van der Waals surface area contributed by atoms with Crippen LogP contribution in [0, 0.1) is 22.5 Å². The van der Waals surface area contributed by atoms with Gasteiger partial charge in [0.25, 0.3) is 5.69 Å². The highest BCUT2D eigenvalue weighted by molar-refractivity contribution is 5.83. The van der Waals surface area contributed by atoms with Gasteiger partial charge in [0.05, 0.1) is 16.4 Å². The fraction of sp³-hybridized carbons (Fsp3) is 0.400. The highest BCUT2D eigenvalue weighted by Crippen LogP contribution is 2.71. The van der Waals surface area contributed by atoms with E-state index in [0.717, 1.165) is 23.1 Å². The standard InChI is InChI=1S/C25H25NO5/c1-15-4-3-5-19-20-10-11-25(28)14-24(20,12-16(25)2)22(21(15)19)23(27)31-13-17-6-8-18(9-7-17)26(29)30/h3-9,20,22,28H,2,10-14H2,1H3/t20-,22+,24-,25?/m0/s1. The normalized spacial score (nSPS) is 30.6. The van der Waals surface area contributed by atoms with E-state index in [-0.39, 0.29) is 24.2 Å². The number of carbonyl (C=O) groups excluding carboxylic acids is 1. The molecule has 3 aliphatic rings. The number of non-ortho nitro benzene ring substituents is 1. The van der Waals surface area contributed by atoms with Gasteiger partial charge in [-0.05, 0) is 78.5 Å². The van der Waals surface area contributed by atoms with Crippen LogP contribution in [0.3, 0.4) is 0 Å². The van der Waals surface area contributed by atoms with Crippen molar-refractivity contribution < 1.29 is 19.6 Å². The molecular weight excluding hydrogens is 394 g/mol. The van der Waals surface area contributed by atoms with E-state index >= 15 is 0 Å². The third kappa shape index (κ3) is 2.85. The Morgan fingerprint density at radius 2 is 2.03 bits per heavy atom. The maximum absolute atomic E-state index is 13.5. The maximum atomic E-state index is 13.5. The summed E-state index contributed by atoms with van der Waals surface area (Å²) in [6.45, 7) is 6.24. The molecule has 0 saturated heterocycles. The molecular formula is C25H25NO5. The van der Waals surface area contributed by atoms with E-state index in [9.17, 15) is 20.0 Å². The first-order chi connectivity index (χ1) is 14.7. The van der Waals surface area contributed by atoms with Gasteiger partial charge < -0.3 is 9.84 Å². The molecule has 5 rings (SSSR count). The zero-order valence-corrected chi connectivity index (χ0v) is 17.5. The summed E-state index contributed by atoms with van der Waals surface area (Å²) in [4.78, 5) is 23.9. The van der Waals surface area contributed by atoms with Crippen LogP contribution in [-0.4, -0.2) is 21.6 Å². The maximum Gasteiger partial charge on any atom is 0.314 e. The zero-order valence-electron chi connectivity index (χ0n) is 17.5. The van der Waals surface area contributed by atoms with Crippen LogP contribution in [0.2, 0.25) is 0 Å². The van der Waals surface area contributed by atoms with Crippen LogP contribution >= 0.6 is 0 Å². The van der Waals surface area contributed by atoms with Crippen molar-refractivity contribution in [2.24, 2.45) is 5.41 Å². The van der Waals surface area contributed by atoms with Crippen LogP contribution in [-0.2, 0) is 16.1 Å². The average Bonchev–Trinajstić information content (AvgIpc) is 3.13. The third-order valence-electron chi connectivity index (χ3n) is 7.72. The lowest BCUT2D eigenvalue weighted by molar-refractivity contribution is -0.384. The van der Waals surface area contributed by atoms with Crippen LogP contribution in [0.5, 0.6) is 0 Å². The number of hydrogen-bond donors (Lipinski definition) is 1. The van der Waals surface area contributed by atoms with Crippen molar-refractivity contribution in [3.63, 3.8) is 0 Å². The minimum absolute atomic E-state index is 0.00288. The van der Waals surface area contributed by atoms with Gasteiger partial charge in [-0.2, -0.15) is 0 Å². The molecule has 160 valence electrons. The number of aryl methyl sites for hydroxylation is 1. The van der Waals surface area contributed by atoms with Crippen molar-refractivity contribution in [3.05, 3.63) is 87.0 Å². The van der Waals surface area contributed by atoms with E-state index in [4.69, 9.17) is 4.74 Å². The van der Waals surface area contributed by atoms with Gasteiger partial charge >= 0.3 is 5.97 Å². The van der Waals surface area contributed by atoms with Crippen molar-refractivity contribution in [2.75, 3.05) is 0 Å². The van der Waals surface area contributed by atoms with Gasteiger partial charge in [-0.3, -0.25) is 14.9 Å². The number of carbonyl (C=O) groups is 1. The molecule has 6 heteroatoms. The molecule has 0 amide bonds. The Morgan fingerprint density at radius 1 is 1.29 bits per heavy atom. The van der Waals surface area contributed by atoms with Crippen LogP contribution in [0.4, 0.5) is 5.69 Å². The topological polar surface area (TPSA) is 89.7 Å². The molecule has 1 unspecified atom stereocenters. The number of aliphatic hydroxyl groups is 1. The van der Waals surface area contributed by atoms with Crippen molar-refractivity contribution in [3.8, 4) is 0 Å². The smallest absolute Gasteiger partial charge is 0.314 e. The van der Waals surface area contributed by atoms with E-state index in [2.05, 4.69) is 12.6 Å². The van der Waals surface area contributed by atoms with Crippen LogP contribution in [0.15, 0.2) is 54.6 Å². The first-order valence-electron chi connectivity index (χ1n) is 10.7. The molecule has 0 heterocycles. The van der Waals surface area contributed by atoms with Crippen molar-refractivity contribution in [2.45, 2.75) is 56.7 Å². The second kappa shape index (κ2) is 6.76. The molecule has 2 saturated carbocycles. The second-order valence-corrected chi connectivity index (χ2v) is 9.36. The van der Waals surface area contributed by atoms with Gasteiger partial charge in [-0.15, -0.1) is 0 Å². The van der Waals surface area contributed by atoms with Gasteiger partial charge in [0.1, 0.15) is 6.61 Å². The third-order valence-corrected chi connectivity index (χ3v) is 7.72. The Bertz CT molecular complexity index is 1110. The van der Waals surface area contributed by atoms with Crippen LogP contribution in [0.1, 0.15) is 59.8 Å². The summed E-state index contributed by atoms with van der Waals surface area (Å²) < 4.78 is 5.77. The van der Waals surface area contributed by atoms with Crippen molar-refractivity contribution in [1.82, 2.24) is 0 Å². The molecule has 2 fully saturated rings. The minimum atomic E-state index is -0.899. The number of ether oxygens (including phenoxy) is 1. The summed E-state index contributed by atoms with van der Waals surface area (Å²) in [6, 6.07) is 12.2. The second-order valence-electron chi connectivity index (χ2n) is 9.36. The first-order valence-corrected chi connectivity index (χ1v) is 10.7. The molecule has 2 bridgehead atoms. The number of nitro benzene ring substituents is 1. The van der Waals surface area contributed by atoms with E-state index < -0.39 is 21.9 Å². The van der Waals surface area contributed by atoms with Crippen LogP contribution in [0.25, 0.3) is 0 Å². The molecule has 1 spiro atoms. The summed E-state index contributed by atoms with van der Waals surface area (Å²) in [7, 11) is 0. The lowest BCUT2D eigenvalue weighted by atomic mass is 9.63. The number of fused-ring (bicyclic) bond motifs is 3. The fourth-order valence-corrected chi connectivity index (χ4v) is 6.34. The Balaban J connectivity index is 1.47. The predicted molar refractivity (Wildman–Crippen MR) is 115 cm³/mol. The minimum Gasteiger partial charge on any atom is -0.460 e. The lowest BCUT2D eigenvalue weighted by Gasteiger charge is -2.41. The predicted octanol–water partition coefficient (Wildman–Crippen LogP) is 4.69. The van der Waals surface area contributed by atoms with Gasteiger partial charge in [0.15, 0.2) is 0 Å². The Kier molecular flexibility index (Phi) is 4.35. The lowest BCUT2D eigenvalue weighted by Crippen LogP contribution is -2.40. The molecule has 0 aromatic heterocycles. The highest BCUT2D eigenvalue weighted by Gasteiger charge is 2.66. The quantitative estimate of drug-likeness (QED) is 0.336. The van der Waals surface area contributed by atoms with Crippen molar-refractivity contribution in [1.29, 1.82) is 0 Å². The molecule has 3 aliphatic carbocycles. The first kappa shape index (κ1) is 19.9. The highest BCUT2D eigenvalue weighted by atomic mass is 16.6.